The molecule has 0 radical (unpaired) electrons. The summed E-state index contributed by atoms with van der Waals surface area (Å²) in [4.78, 5) is 0. The molecule has 0 saturated heterocycles. The lowest BCUT2D eigenvalue weighted by atomic mass is 10.2. The summed E-state index contributed by atoms with van der Waals surface area (Å²) in [5.74, 6) is 1.68. The SMILES string of the molecule is CCCOc1ccc(C=CCCNCC(C)C)cc1. The van der Waals surface area contributed by atoms with Crippen LogP contribution in [0, 0.1) is 5.92 Å². The van der Waals surface area contributed by atoms with Crippen molar-refractivity contribution in [2.75, 3.05) is 19.7 Å². The van der Waals surface area contributed by atoms with E-state index in [4.69, 9.17) is 4.74 Å². The van der Waals surface area contributed by atoms with Gasteiger partial charge in [0.25, 0.3) is 0 Å². The van der Waals surface area contributed by atoms with Crippen molar-refractivity contribution in [3.8, 4) is 5.75 Å². The largest absolute Gasteiger partial charge is 0.494 e. The first-order valence-electron chi connectivity index (χ1n) is 7.32. The van der Waals surface area contributed by atoms with E-state index < -0.39 is 0 Å². The first-order valence-corrected chi connectivity index (χ1v) is 7.32. The zero-order valence-corrected chi connectivity index (χ0v) is 12.5. The first kappa shape index (κ1) is 15.8. The molecule has 1 aromatic rings. The fourth-order valence-corrected chi connectivity index (χ4v) is 1.69. The van der Waals surface area contributed by atoms with Crippen molar-refractivity contribution in [3.63, 3.8) is 0 Å². The smallest absolute Gasteiger partial charge is 0.119 e. The summed E-state index contributed by atoms with van der Waals surface area (Å²) in [5.41, 5.74) is 1.23. The van der Waals surface area contributed by atoms with E-state index >= 15 is 0 Å². The van der Waals surface area contributed by atoms with Crippen molar-refractivity contribution in [2.45, 2.75) is 33.6 Å². The van der Waals surface area contributed by atoms with Gasteiger partial charge in [-0.05, 0) is 49.5 Å². The maximum Gasteiger partial charge on any atom is 0.119 e. The predicted octanol–water partition coefficient (Wildman–Crippen LogP) is 4.12. The highest BCUT2D eigenvalue weighted by Crippen LogP contribution is 2.13. The molecule has 0 heterocycles. The molecule has 1 rings (SSSR count). The summed E-state index contributed by atoms with van der Waals surface area (Å²) in [6.07, 6.45) is 6.50. The summed E-state index contributed by atoms with van der Waals surface area (Å²) < 4.78 is 5.56. The zero-order chi connectivity index (χ0) is 13.9. The monoisotopic (exact) mass is 261 g/mol. The van der Waals surface area contributed by atoms with Gasteiger partial charge in [-0.3, -0.25) is 0 Å². The van der Waals surface area contributed by atoms with Crippen LogP contribution < -0.4 is 10.1 Å². The number of nitrogens with one attached hydrogen (secondary N) is 1. The van der Waals surface area contributed by atoms with E-state index in [-0.39, 0.29) is 0 Å². The molecule has 106 valence electrons. The second kappa shape index (κ2) is 9.62. The van der Waals surface area contributed by atoms with Crippen molar-refractivity contribution in [1.82, 2.24) is 5.32 Å². The third-order valence-corrected chi connectivity index (χ3v) is 2.70. The highest BCUT2D eigenvalue weighted by molar-refractivity contribution is 5.50. The average Bonchev–Trinajstić information content (AvgIpc) is 2.41. The minimum atomic E-state index is 0.722. The third-order valence-electron chi connectivity index (χ3n) is 2.70. The van der Waals surface area contributed by atoms with E-state index in [1.807, 2.05) is 12.1 Å². The maximum atomic E-state index is 5.56. The summed E-state index contributed by atoms with van der Waals surface area (Å²) in [5, 5.41) is 3.43. The molecule has 0 atom stereocenters. The topological polar surface area (TPSA) is 21.3 Å². The van der Waals surface area contributed by atoms with Gasteiger partial charge in [0.15, 0.2) is 0 Å². The number of rotatable bonds is 9. The van der Waals surface area contributed by atoms with Crippen LogP contribution in [-0.2, 0) is 0 Å². The van der Waals surface area contributed by atoms with Crippen LogP contribution in [0.2, 0.25) is 0 Å². The van der Waals surface area contributed by atoms with Crippen molar-refractivity contribution >= 4 is 6.08 Å². The molecule has 0 bridgehead atoms. The Morgan fingerprint density at radius 2 is 1.95 bits per heavy atom. The minimum Gasteiger partial charge on any atom is -0.494 e. The van der Waals surface area contributed by atoms with E-state index in [9.17, 15) is 0 Å². The standard InChI is InChI=1S/C17H27NO/c1-4-13-19-17-10-8-16(9-11-17)7-5-6-12-18-14-15(2)3/h5,7-11,15,18H,4,6,12-14H2,1-3H3. The Bertz CT molecular complexity index is 354. The molecule has 0 amide bonds. The first-order chi connectivity index (χ1) is 9.22. The van der Waals surface area contributed by atoms with Gasteiger partial charge in [0.05, 0.1) is 6.61 Å². The van der Waals surface area contributed by atoms with E-state index in [0.29, 0.717) is 0 Å². The number of hydrogen-bond acceptors (Lipinski definition) is 2. The summed E-state index contributed by atoms with van der Waals surface area (Å²) >= 11 is 0. The summed E-state index contributed by atoms with van der Waals surface area (Å²) in [6.45, 7) is 9.50. The van der Waals surface area contributed by atoms with E-state index in [2.05, 4.69) is 50.4 Å². The van der Waals surface area contributed by atoms with E-state index in [1.165, 1.54) is 5.56 Å². The van der Waals surface area contributed by atoms with E-state index in [0.717, 1.165) is 44.2 Å². The number of ether oxygens (including phenoxy) is 1. The van der Waals surface area contributed by atoms with Crippen LogP contribution in [0.25, 0.3) is 6.08 Å². The average molecular weight is 261 g/mol. The lowest BCUT2D eigenvalue weighted by Gasteiger charge is -2.05. The Balaban J connectivity index is 2.24. The second-order valence-electron chi connectivity index (χ2n) is 5.21. The molecule has 0 aliphatic rings. The Labute approximate surface area is 117 Å². The van der Waals surface area contributed by atoms with Crippen LogP contribution in [0.3, 0.4) is 0 Å². The van der Waals surface area contributed by atoms with Crippen LogP contribution >= 0.6 is 0 Å². The van der Waals surface area contributed by atoms with Crippen molar-refractivity contribution < 1.29 is 4.74 Å². The van der Waals surface area contributed by atoms with Gasteiger partial charge in [0, 0.05) is 0 Å². The minimum absolute atomic E-state index is 0.722. The highest BCUT2D eigenvalue weighted by atomic mass is 16.5. The molecule has 19 heavy (non-hydrogen) atoms. The fraction of sp³-hybridized carbons (Fsp3) is 0.529. The molecule has 2 nitrogen and oxygen atoms in total. The molecule has 1 aromatic carbocycles. The molecule has 0 fully saturated rings. The predicted molar refractivity (Wildman–Crippen MR) is 83.6 cm³/mol. The highest BCUT2D eigenvalue weighted by Gasteiger charge is 1.93. The number of hydrogen-bond donors (Lipinski definition) is 1. The van der Waals surface area contributed by atoms with Crippen LogP contribution in [0.5, 0.6) is 5.75 Å². The fourth-order valence-electron chi connectivity index (χ4n) is 1.69. The van der Waals surface area contributed by atoms with Gasteiger partial charge in [0.2, 0.25) is 0 Å². The summed E-state index contributed by atoms with van der Waals surface area (Å²) in [7, 11) is 0. The van der Waals surface area contributed by atoms with Gasteiger partial charge in [-0.25, -0.2) is 0 Å². The summed E-state index contributed by atoms with van der Waals surface area (Å²) in [6, 6.07) is 8.27. The Morgan fingerprint density at radius 1 is 1.21 bits per heavy atom. The molecule has 0 spiro atoms. The molecule has 0 unspecified atom stereocenters. The van der Waals surface area contributed by atoms with Gasteiger partial charge in [-0.2, -0.15) is 0 Å². The van der Waals surface area contributed by atoms with Gasteiger partial charge >= 0.3 is 0 Å². The quantitative estimate of drug-likeness (QED) is 0.675. The van der Waals surface area contributed by atoms with Crippen LogP contribution in [0.1, 0.15) is 39.2 Å². The molecule has 0 aliphatic heterocycles. The van der Waals surface area contributed by atoms with E-state index in [1.54, 1.807) is 0 Å². The van der Waals surface area contributed by atoms with Crippen LogP contribution in [-0.4, -0.2) is 19.7 Å². The molecular formula is C17H27NO. The second-order valence-corrected chi connectivity index (χ2v) is 5.21. The Hall–Kier alpha value is -1.28. The van der Waals surface area contributed by atoms with Crippen LogP contribution in [0.4, 0.5) is 0 Å². The maximum absolute atomic E-state index is 5.56. The van der Waals surface area contributed by atoms with Gasteiger partial charge < -0.3 is 10.1 Å². The molecule has 0 saturated carbocycles. The van der Waals surface area contributed by atoms with Gasteiger partial charge in [-0.15, -0.1) is 0 Å². The van der Waals surface area contributed by atoms with Gasteiger partial charge in [0.1, 0.15) is 5.75 Å². The Kier molecular flexibility index (Phi) is 7.99. The molecule has 0 aromatic heterocycles. The van der Waals surface area contributed by atoms with Crippen molar-refractivity contribution in [1.29, 1.82) is 0 Å². The molecule has 2 heteroatoms. The normalized spacial score (nSPS) is 11.4. The van der Waals surface area contributed by atoms with Gasteiger partial charge in [-0.1, -0.05) is 45.1 Å². The molecular weight excluding hydrogens is 234 g/mol. The molecule has 0 aliphatic carbocycles. The Morgan fingerprint density at radius 3 is 2.58 bits per heavy atom. The third kappa shape index (κ3) is 7.68. The lowest BCUT2D eigenvalue weighted by molar-refractivity contribution is 0.317. The van der Waals surface area contributed by atoms with Crippen molar-refractivity contribution in [3.05, 3.63) is 35.9 Å². The lowest BCUT2D eigenvalue weighted by Crippen LogP contribution is -2.20. The zero-order valence-electron chi connectivity index (χ0n) is 12.5. The van der Waals surface area contributed by atoms with Crippen LogP contribution in [0.15, 0.2) is 30.3 Å². The number of benzene rings is 1. The van der Waals surface area contributed by atoms with Crippen molar-refractivity contribution in [2.24, 2.45) is 5.92 Å². The molecule has 1 N–H and O–H groups in total.